The SMILES string of the molecule is O=C([O-])CC(NC(=O)CNC(=O)CCCCNc1ccccn1)c1ccc(-c2cccc(F)c2)cc1.[Na+]. The minimum absolute atomic E-state index is 0. The summed E-state index contributed by atoms with van der Waals surface area (Å²) in [6.45, 7) is 0.406. The van der Waals surface area contributed by atoms with Crippen LogP contribution in [0.5, 0.6) is 0 Å². The number of rotatable bonds is 13. The molecule has 0 aliphatic carbocycles. The quantitative estimate of drug-likeness (QED) is 0.211. The van der Waals surface area contributed by atoms with Gasteiger partial charge in [-0.15, -0.1) is 0 Å². The van der Waals surface area contributed by atoms with E-state index in [-0.39, 0.29) is 54.2 Å². The fraction of sp³-hybridized carbons (Fsp3) is 0.259. The molecule has 1 atom stereocenters. The first-order valence-electron chi connectivity index (χ1n) is 11.7. The van der Waals surface area contributed by atoms with Gasteiger partial charge in [-0.3, -0.25) is 9.59 Å². The molecule has 3 aromatic rings. The maximum atomic E-state index is 13.5. The molecule has 0 radical (unpaired) electrons. The van der Waals surface area contributed by atoms with Crippen molar-refractivity contribution in [3.63, 3.8) is 0 Å². The maximum Gasteiger partial charge on any atom is 1.00 e. The Hall–Kier alpha value is -3.27. The van der Waals surface area contributed by atoms with Crippen molar-refractivity contribution >= 4 is 23.6 Å². The number of aliphatic carboxylic acids is 1. The number of carbonyl (C=O) groups excluding carboxylic acids is 3. The van der Waals surface area contributed by atoms with Gasteiger partial charge in [-0.1, -0.05) is 42.5 Å². The zero-order valence-corrected chi connectivity index (χ0v) is 22.7. The molecular formula is C27H28FN4NaO4. The number of nitrogens with zero attached hydrogens (tertiary/aromatic N) is 1. The van der Waals surface area contributed by atoms with Crippen molar-refractivity contribution in [2.45, 2.75) is 31.7 Å². The third-order valence-corrected chi connectivity index (χ3v) is 5.42. The normalized spacial score (nSPS) is 11.1. The van der Waals surface area contributed by atoms with E-state index in [1.165, 1.54) is 12.1 Å². The van der Waals surface area contributed by atoms with Crippen LogP contribution >= 0.6 is 0 Å². The third-order valence-electron chi connectivity index (χ3n) is 5.42. The van der Waals surface area contributed by atoms with Gasteiger partial charge in [-0.05, 0) is 53.8 Å². The molecule has 3 rings (SSSR count). The predicted octanol–water partition coefficient (Wildman–Crippen LogP) is -0.412. The Morgan fingerprint density at radius 2 is 1.70 bits per heavy atom. The summed E-state index contributed by atoms with van der Waals surface area (Å²) in [7, 11) is 0. The summed E-state index contributed by atoms with van der Waals surface area (Å²) in [6.07, 6.45) is 2.93. The standard InChI is InChI=1S/C27H29FN4O4.Na/c28-22-7-5-6-21(16-22)19-10-12-20(13-11-19)23(17-27(35)36)32-26(34)18-31-25(33)9-2-4-15-30-24-8-1-3-14-29-24;/h1,3,5-8,10-14,16,23H,2,4,9,15,17-18H2,(H,29,30)(H,31,33)(H,32,34)(H,35,36);/q;+1/p-1. The second-order valence-electron chi connectivity index (χ2n) is 8.20. The number of pyridine rings is 1. The van der Waals surface area contributed by atoms with Gasteiger partial charge >= 0.3 is 29.6 Å². The predicted molar refractivity (Wildman–Crippen MR) is 132 cm³/mol. The number of halogens is 1. The van der Waals surface area contributed by atoms with Gasteiger partial charge < -0.3 is 25.9 Å². The summed E-state index contributed by atoms with van der Waals surface area (Å²) >= 11 is 0. The van der Waals surface area contributed by atoms with E-state index in [4.69, 9.17) is 0 Å². The van der Waals surface area contributed by atoms with Crippen LogP contribution < -0.4 is 50.6 Å². The van der Waals surface area contributed by atoms with E-state index >= 15 is 0 Å². The fourth-order valence-electron chi connectivity index (χ4n) is 3.60. The zero-order chi connectivity index (χ0) is 25.8. The van der Waals surface area contributed by atoms with Crippen LogP contribution in [-0.4, -0.2) is 35.9 Å². The van der Waals surface area contributed by atoms with Gasteiger partial charge in [0.15, 0.2) is 0 Å². The molecule has 1 aromatic heterocycles. The number of carboxylic acid groups (broad SMARTS) is 1. The molecule has 2 aromatic carbocycles. The summed E-state index contributed by atoms with van der Waals surface area (Å²) in [6, 6.07) is 17.6. The van der Waals surface area contributed by atoms with Gasteiger partial charge in [0.1, 0.15) is 11.6 Å². The van der Waals surface area contributed by atoms with Crippen molar-refractivity contribution in [1.82, 2.24) is 15.6 Å². The molecule has 0 fully saturated rings. The number of benzene rings is 2. The van der Waals surface area contributed by atoms with E-state index in [0.29, 0.717) is 24.1 Å². The molecule has 0 bridgehead atoms. The summed E-state index contributed by atoms with van der Waals surface area (Å²) in [5, 5.41) is 19.6. The number of anilines is 1. The maximum absolute atomic E-state index is 13.5. The number of amides is 2. The monoisotopic (exact) mass is 514 g/mol. The number of aromatic nitrogens is 1. The first-order chi connectivity index (χ1) is 17.4. The molecule has 0 spiro atoms. The van der Waals surface area contributed by atoms with E-state index in [1.54, 1.807) is 42.6 Å². The Bertz CT molecular complexity index is 1160. The largest absolute Gasteiger partial charge is 1.00 e. The van der Waals surface area contributed by atoms with Gasteiger partial charge in [0.2, 0.25) is 11.8 Å². The van der Waals surface area contributed by atoms with Crippen LogP contribution in [0.25, 0.3) is 11.1 Å². The number of carboxylic acids is 1. The van der Waals surface area contributed by atoms with Crippen molar-refractivity contribution in [2.24, 2.45) is 0 Å². The summed E-state index contributed by atoms with van der Waals surface area (Å²) in [5.74, 6) is -1.69. The molecule has 0 saturated carbocycles. The summed E-state index contributed by atoms with van der Waals surface area (Å²) in [4.78, 5) is 39.8. The molecule has 1 unspecified atom stereocenters. The molecular weight excluding hydrogens is 486 g/mol. The first-order valence-corrected chi connectivity index (χ1v) is 11.7. The average Bonchev–Trinajstić information content (AvgIpc) is 2.87. The molecule has 0 aliphatic rings. The zero-order valence-electron chi connectivity index (χ0n) is 20.7. The van der Waals surface area contributed by atoms with Crippen molar-refractivity contribution in [2.75, 3.05) is 18.4 Å². The molecule has 188 valence electrons. The molecule has 1 heterocycles. The Kier molecular flexibility index (Phi) is 12.8. The molecule has 10 heteroatoms. The van der Waals surface area contributed by atoms with Crippen LogP contribution in [0.15, 0.2) is 72.9 Å². The van der Waals surface area contributed by atoms with Crippen molar-refractivity contribution in [1.29, 1.82) is 0 Å². The Labute approximate surface area is 237 Å². The van der Waals surface area contributed by atoms with E-state index in [2.05, 4.69) is 20.9 Å². The van der Waals surface area contributed by atoms with Gasteiger partial charge in [0.05, 0.1) is 12.6 Å². The van der Waals surface area contributed by atoms with E-state index in [1.807, 2.05) is 18.2 Å². The summed E-state index contributed by atoms with van der Waals surface area (Å²) < 4.78 is 13.5. The fourth-order valence-corrected chi connectivity index (χ4v) is 3.60. The van der Waals surface area contributed by atoms with Gasteiger partial charge in [0, 0.05) is 31.6 Å². The van der Waals surface area contributed by atoms with Crippen LogP contribution in [0.4, 0.5) is 10.2 Å². The topological polar surface area (TPSA) is 123 Å². The summed E-state index contributed by atoms with van der Waals surface area (Å²) in [5.41, 5.74) is 1.98. The van der Waals surface area contributed by atoms with Crippen LogP contribution in [-0.2, 0) is 14.4 Å². The molecule has 2 amide bonds. The molecule has 0 saturated heterocycles. The van der Waals surface area contributed by atoms with Crippen LogP contribution in [0.1, 0.15) is 37.3 Å². The number of hydrogen-bond donors (Lipinski definition) is 3. The average molecular weight is 515 g/mol. The number of carbonyl (C=O) groups is 3. The minimum atomic E-state index is -1.32. The number of nitrogens with one attached hydrogen (secondary N) is 3. The van der Waals surface area contributed by atoms with Crippen LogP contribution in [0, 0.1) is 5.82 Å². The second-order valence-corrected chi connectivity index (χ2v) is 8.20. The Morgan fingerprint density at radius 3 is 2.38 bits per heavy atom. The second kappa shape index (κ2) is 15.8. The molecule has 0 aliphatic heterocycles. The molecule has 8 nitrogen and oxygen atoms in total. The van der Waals surface area contributed by atoms with Crippen molar-refractivity contribution in [3.05, 3.63) is 84.3 Å². The minimum Gasteiger partial charge on any atom is -0.550 e. The van der Waals surface area contributed by atoms with Crippen molar-refractivity contribution in [3.8, 4) is 11.1 Å². The Morgan fingerprint density at radius 1 is 0.919 bits per heavy atom. The van der Waals surface area contributed by atoms with E-state index in [9.17, 15) is 23.9 Å². The van der Waals surface area contributed by atoms with Crippen LogP contribution in [0.2, 0.25) is 0 Å². The van der Waals surface area contributed by atoms with E-state index < -0.39 is 24.3 Å². The van der Waals surface area contributed by atoms with Gasteiger partial charge in [-0.2, -0.15) is 0 Å². The first kappa shape index (κ1) is 30.0. The third kappa shape index (κ3) is 10.7. The number of hydrogen-bond acceptors (Lipinski definition) is 6. The number of unbranched alkanes of at least 4 members (excludes halogenated alkanes) is 1. The molecule has 3 N–H and O–H groups in total. The van der Waals surface area contributed by atoms with Crippen LogP contribution in [0.3, 0.4) is 0 Å². The van der Waals surface area contributed by atoms with E-state index in [0.717, 1.165) is 17.8 Å². The van der Waals surface area contributed by atoms with Crippen molar-refractivity contribution < 1.29 is 53.4 Å². The molecule has 37 heavy (non-hydrogen) atoms. The smallest absolute Gasteiger partial charge is 0.550 e. The Balaban J connectivity index is 0.00000481. The van der Waals surface area contributed by atoms with Gasteiger partial charge in [0.25, 0.3) is 0 Å². The van der Waals surface area contributed by atoms with Gasteiger partial charge in [-0.25, -0.2) is 9.37 Å².